The molecule has 0 radical (unpaired) electrons. The first-order chi connectivity index (χ1) is 10.1. The van der Waals surface area contributed by atoms with Crippen molar-refractivity contribution in [2.45, 2.75) is 45.6 Å². The molecule has 0 saturated carbocycles. The molecule has 1 fully saturated rings. The average molecular weight is 287 g/mol. The van der Waals surface area contributed by atoms with Crippen LogP contribution in [0.3, 0.4) is 0 Å². The standard InChI is InChI=1S/C18H25NO2/c1-14(2)13-18(20)19-12-6-4-5-7-17(19)15-8-10-16(21-3)11-9-15/h8-11,13,17H,4-7,12H2,1-3H3. The third kappa shape index (κ3) is 4.10. The van der Waals surface area contributed by atoms with E-state index in [1.807, 2.05) is 30.9 Å². The SMILES string of the molecule is COc1ccc(C2CCCCCN2C(=O)C=C(C)C)cc1. The number of ether oxygens (including phenoxy) is 1. The number of methoxy groups -OCH3 is 1. The molecule has 114 valence electrons. The van der Waals surface area contributed by atoms with E-state index in [0.717, 1.165) is 30.7 Å². The summed E-state index contributed by atoms with van der Waals surface area (Å²) < 4.78 is 5.22. The van der Waals surface area contributed by atoms with Gasteiger partial charge in [0.05, 0.1) is 13.2 Å². The molecule has 1 aromatic rings. The van der Waals surface area contributed by atoms with Crippen LogP contribution < -0.4 is 4.74 Å². The van der Waals surface area contributed by atoms with Gasteiger partial charge in [-0.25, -0.2) is 0 Å². The maximum Gasteiger partial charge on any atom is 0.246 e. The Morgan fingerprint density at radius 3 is 2.52 bits per heavy atom. The quantitative estimate of drug-likeness (QED) is 0.783. The van der Waals surface area contributed by atoms with Crippen LogP contribution >= 0.6 is 0 Å². The lowest BCUT2D eigenvalue weighted by Crippen LogP contribution is -2.33. The van der Waals surface area contributed by atoms with Crippen molar-refractivity contribution in [1.29, 1.82) is 0 Å². The first-order valence-corrected chi connectivity index (χ1v) is 7.71. The number of carbonyl (C=O) groups is 1. The van der Waals surface area contributed by atoms with Gasteiger partial charge in [0.1, 0.15) is 5.75 Å². The molecule has 3 heteroatoms. The van der Waals surface area contributed by atoms with Gasteiger partial charge >= 0.3 is 0 Å². The van der Waals surface area contributed by atoms with Gasteiger partial charge in [-0.1, -0.05) is 30.5 Å². The predicted molar refractivity (Wildman–Crippen MR) is 85.3 cm³/mol. The summed E-state index contributed by atoms with van der Waals surface area (Å²) in [7, 11) is 1.67. The van der Waals surface area contributed by atoms with E-state index in [1.54, 1.807) is 13.2 Å². The smallest absolute Gasteiger partial charge is 0.246 e. The van der Waals surface area contributed by atoms with E-state index < -0.39 is 0 Å². The molecule has 3 nitrogen and oxygen atoms in total. The highest BCUT2D eigenvalue weighted by atomic mass is 16.5. The summed E-state index contributed by atoms with van der Waals surface area (Å²) in [4.78, 5) is 14.5. The summed E-state index contributed by atoms with van der Waals surface area (Å²) in [5.41, 5.74) is 2.26. The van der Waals surface area contributed by atoms with Crippen molar-refractivity contribution in [3.05, 3.63) is 41.5 Å². The number of nitrogens with zero attached hydrogens (tertiary/aromatic N) is 1. The van der Waals surface area contributed by atoms with Crippen LogP contribution in [0.5, 0.6) is 5.75 Å². The third-order valence-electron chi connectivity index (χ3n) is 3.95. The van der Waals surface area contributed by atoms with Crippen molar-refractivity contribution in [2.75, 3.05) is 13.7 Å². The summed E-state index contributed by atoms with van der Waals surface area (Å²) in [6.07, 6.45) is 6.26. The number of amides is 1. The Labute approximate surface area is 127 Å². The Balaban J connectivity index is 2.26. The molecule has 2 rings (SSSR count). The molecule has 1 heterocycles. The minimum atomic E-state index is 0.137. The summed E-state index contributed by atoms with van der Waals surface area (Å²) in [5, 5.41) is 0. The topological polar surface area (TPSA) is 29.5 Å². The zero-order valence-electron chi connectivity index (χ0n) is 13.3. The van der Waals surface area contributed by atoms with E-state index in [4.69, 9.17) is 4.74 Å². The average Bonchev–Trinajstić information content (AvgIpc) is 2.72. The Hall–Kier alpha value is -1.77. The molecule has 21 heavy (non-hydrogen) atoms. The number of hydrogen-bond acceptors (Lipinski definition) is 2. The molecule has 1 aliphatic rings. The molecule has 0 bridgehead atoms. The molecule has 0 aromatic heterocycles. The molecule has 0 spiro atoms. The second kappa shape index (κ2) is 7.30. The number of rotatable bonds is 3. The fourth-order valence-electron chi connectivity index (χ4n) is 2.87. The molecule has 0 N–H and O–H groups in total. The van der Waals surface area contributed by atoms with Crippen LogP contribution in [-0.2, 0) is 4.79 Å². The number of hydrogen-bond donors (Lipinski definition) is 0. The van der Waals surface area contributed by atoms with Gasteiger partial charge < -0.3 is 9.64 Å². The van der Waals surface area contributed by atoms with Crippen LogP contribution in [0.4, 0.5) is 0 Å². The van der Waals surface area contributed by atoms with Crippen LogP contribution in [0.1, 0.15) is 51.1 Å². The zero-order chi connectivity index (χ0) is 15.2. The minimum Gasteiger partial charge on any atom is -0.497 e. The highest BCUT2D eigenvalue weighted by Crippen LogP contribution is 2.31. The van der Waals surface area contributed by atoms with E-state index >= 15 is 0 Å². The van der Waals surface area contributed by atoms with E-state index in [9.17, 15) is 4.79 Å². The highest BCUT2D eigenvalue weighted by molar-refractivity contribution is 5.88. The van der Waals surface area contributed by atoms with Crippen LogP contribution in [0.2, 0.25) is 0 Å². The molecule has 0 aliphatic carbocycles. The van der Waals surface area contributed by atoms with E-state index in [2.05, 4.69) is 12.1 Å². The molecule has 1 saturated heterocycles. The Morgan fingerprint density at radius 1 is 1.19 bits per heavy atom. The maximum absolute atomic E-state index is 12.5. The number of carbonyl (C=O) groups excluding carboxylic acids is 1. The van der Waals surface area contributed by atoms with E-state index in [0.29, 0.717) is 0 Å². The lowest BCUT2D eigenvalue weighted by atomic mass is 10.0. The van der Waals surface area contributed by atoms with Gasteiger partial charge in [-0.2, -0.15) is 0 Å². The van der Waals surface area contributed by atoms with Gasteiger partial charge in [-0.15, -0.1) is 0 Å². The van der Waals surface area contributed by atoms with Crippen LogP contribution in [0, 0.1) is 0 Å². The lowest BCUT2D eigenvalue weighted by Gasteiger charge is -2.30. The third-order valence-corrected chi connectivity index (χ3v) is 3.95. The van der Waals surface area contributed by atoms with Gasteiger partial charge in [0, 0.05) is 12.6 Å². The summed E-state index contributed by atoms with van der Waals surface area (Å²) in [5.74, 6) is 0.993. The fourth-order valence-corrected chi connectivity index (χ4v) is 2.87. The summed E-state index contributed by atoms with van der Waals surface area (Å²) in [6.45, 7) is 4.79. The molecule has 1 atom stereocenters. The van der Waals surface area contributed by atoms with Crippen molar-refractivity contribution in [3.63, 3.8) is 0 Å². The summed E-state index contributed by atoms with van der Waals surface area (Å²) in [6, 6.07) is 8.30. The monoisotopic (exact) mass is 287 g/mol. The number of benzene rings is 1. The Kier molecular flexibility index (Phi) is 5.43. The molecular weight excluding hydrogens is 262 g/mol. The molecule has 1 aliphatic heterocycles. The van der Waals surface area contributed by atoms with E-state index in [-0.39, 0.29) is 11.9 Å². The van der Waals surface area contributed by atoms with Gasteiger partial charge in [-0.3, -0.25) is 4.79 Å². The first kappa shape index (κ1) is 15.6. The van der Waals surface area contributed by atoms with Crippen LogP contribution in [0.15, 0.2) is 35.9 Å². The zero-order valence-corrected chi connectivity index (χ0v) is 13.3. The highest BCUT2D eigenvalue weighted by Gasteiger charge is 2.25. The second-order valence-corrected chi connectivity index (χ2v) is 5.89. The molecular formula is C18H25NO2. The number of allylic oxidation sites excluding steroid dienone is 1. The van der Waals surface area contributed by atoms with Crippen molar-refractivity contribution in [3.8, 4) is 5.75 Å². The van der Waals surface area contributed by atoms with Crippen molar-refractivity contribution in [1.82, 2.24) is 4.90 Å². The molecule has 1 amide bonds. The predicted octanol–water partition coefficient (Wildman–Crippen LogP) is 4.11. The van der Waals surface area contributed by atoms with Crippen LogP contribution in [-0.4, -0.2) is 24.5 Å². The lowest BCUT2D eigenvalue weighted by molar-refractivity contribution is -0.128. The van der Waals surface area contributed by atoms with Crippen molar-refractivity contribution < 1.29 is 9.53 Å². The largest absolute Gasteiger partial charge is 0.497 e. The second-order valence-electron chi connectivity index (χ2n) is 5.89. The molecule has 1 aromatic carbocycles. The normalized spacial score (nSPS) is 18.8. The summed E-state index contributed by atoms with van der Waals surface area (Å²) >= 11 is 0. The van der Waals surface area contributed by atoms with Gasteiger partial charge in [0.2, 0.25) is 5.91 Å². The van der Waals surface area contributed by atoms with Gasteiger partial charge in [-0.05, 0) is 44.4 Å². The van der Waals surface area contributed by atoms with Gasteiger partial charge in [0.15, 0.2) is 0 Å². The van der Waals surface area contributed by atoms with Crippen LogP contribution in [0.25, 0.3) is 0 Å². The fraction of sp³-hybridized carbons (Fsp3) is 0.500. The Morgan fingerprint density at radius 2 is 1.90 bits per heavy atom. The first-order valence-electron chi connectivity index (χ1n) is 7.71. The van der Waals surface area contributed by atoms with Gasteiger partial charge in [0.25, 0.3) is 0 Å². The number of likely N-dealkylation sites (tertiary alicyclic amines) is 1. The van der Waals surface area contributed by atoms with E-state index in [1.165, 1.54) is 18.4 Å². The van der Waals surface area contributed by atoms with Crippen molar-refractivity contribution in [2.24, 2.45) is 0 Å². The maximum atomic E-state index is 12.5. The van der Waals surface area contributed by atoms with Crippen molar-refractivity contribution >= 4 is 5.91 Å². The molecule has 1 unspecified atom stereocenters. The Bertz CT molecular complexity index is 500. The minimum absolute atomic E-state index is 0.137.